The second-order valence-corrected chi connectivity index (χ2v) is 5.45. The molecule has 0 bridgehead atoms. The number of ether oxygens (including phenoxy) is 2. The van der Waals surface area contributed by atoms with Crippen LogP contribution in [0, 0.1) is 6.92 Å². The van der Waals surface area contributed by atoms with Crippen LogP contribution >= 0.6 is 0 Å². The number of methoxy groups -OCH3 is 2. The van der Waals surface area contributed by atoms with Gasteiger partial charge in [-0.1, -0.05) is 13.0 Å². The van der Waals surface area contributed by atoms with E-state index in [2.05, 4.69) is 10.6 Å². The van der Waals surface area contributed by atoms with Gasteiger partial charge >= 0.3 is 0 Å². The number of carbonyl (C=O) groups excluding carboxylic acids is 2. The molecule has 0 unspecified atom stereocenters. The van der Waals surface area contributed by atoms with Crippen LogP contribution in [0.1, 0.15) is 29.3 Å². The van der Waals surface area contributed by atoms with Crippen molar-refractivity contribution >= 4 is 23.2 Å². The van der Waals surface area contributed by atoms with Crippen LogP contribution in [0.2, 0.25) is 0 Å². The first kappa shape index (κ1) is 18.3. The maximum atomic E-state index is 12.5. The lowest BCUT2D eigenvalue weighted by Gasteiger charge is -2.13. The average molecular weight is 342 g/mol. The summed E-state index contributed by atoms with van der Waals surface area (Å²) in [6.07, 6.45) is 0.388. The predicted octanol–water partition coefficient (Wildman–Crippen LogP) is 3.61. The first-order valence-electron chi connectivity index (χ1n) is 7.92. The van der Waals surface area contributed by atoms with Crippen LogP contribution < -0.4 is 20.1 Å². The maximum Gasteiger partial charge on any atom is 0.259 e. The Labute approximate surface area is 147 Å². The first-order chi connectivity index (χ1) is 12.0. The highest BCUT2D eigenvalue weighted by Gasteiger charge is 2.14. The summed E-state index contributed by atoms with van der Waals surface area (Å²) < 4.78 is 10.4. The van der Waals surface area contributed by atoms with E-state index >= 15 is 0 Å². The first-order valence-corrected chi connectivity index (χ1v) is 7.92. The van der Waals surface area contributed by atoms with Gasteiger partial charge in [-0.05, 0) is 36.8 Å². The number of rotatable bonds is 6. The van der Waals surface area contributed by atoms with Gasteiger partial charge in [0, 0.05) is 23.9 Å². The fourth-order valence-corrected chi connectivity index (χ4v) is 2.26. The van der Waals surface area contributed by atoms with Crippen LogP contribution in [0.5, 0.6) is 11.5 Å². The number of carbonyl (C=O) groups is 2. The van der Waals surface area contributed by atoms with Crippen LogP contribution in [0.15, 0.2) is 36.4 Å². The predicted molar refractivity (Wildman–Crippen MR) is 97.6 cm³/mol. The molecule has 0 aromatic heterocycles. The lowest BCUT2D eigenvalue weighted by atomic mass is 10.1. The average Bonchev–Trinajstić information content (AvgIpc) is 2.63. The molecule has 0 fully saturated rings. The summed E-state index contributed by atoms with van der Waals surface area (Å²) in [4.78, 5) is 24.2. The second-order valence-electron chi connectivity index (χ2n) is 5.45. The van der Waals surface area contributed by atoms with Gasteiger partial charge in [-0.2, -0.15) is 0 Å². The van der Waals surface area contributed by atoms with Crippen molar-refractivity contribution < 1.29 is 19.1 Å². The largest absolute Gasteiger partial charge is 0.497 e. The molecule has 2 amide bonds. The summed E-state index contributed by atoms with van der Waals surface area (Å²) in [5.41, 5.74) is 2.57. The number of nitrogens with one attached hydrogen (secondary N) is 2. The molecule has 6 nitrogen and oxygen atoms in total. The molecule has 0 radical (unpaired) electrons. The van der Waals surface area contributed by atoms with Crippen molar-refractivity contribution in [3.8, 4) is 11.5 Å². The van der Waals surface area contributed by atoms with E-state index in [0.717, 1.165) is 5.56 Å². The van der Waals surface area contributed by atoms with E-state index in [1.165, 1.54) is 7.11 Å². The minimum absolute atomic E-state index is 0.0802. The minimum atomic E-state index is -0.309. The summed E-state index contributed by atoms with van der Waals surface area (Å²) in [5.74, 6) is 0.635. The Bertz CT molecular complexity index is 787. The number of benzene rings is 2. The molecule has 132 valence electrons. The normalized spacial score (nSPS) is 10.1. The number of anilines is 2. The molecule has 0 spiro atoms. The van der Waals surface area contributed by atoms with Crippen LogP contribution in [-0.4, -0.2) is 26.0 Å². The Morgan fingerprint density at radius 3 is 2.40 bits per heavy atom. The maximum absolute atomic E-state index is 12.5. The molecule has 0 aliphatic carbocycles. The second kappa shape index (κ2) is 8.19. The monoisotopic (exact) mass is 342 g/mol. The summed E-state index contributed by atoms with van der Waals surface area (Å²) >= 11 is 0. The molecule has 0 aliphatic heterocycles. The third kappa shape index (κ3) is 4.50. The molecule has 25 heavy (non-hydrogen) atoms. The summed E-state index contributed by atoms with van der Waals surface area (Å²) in [6, 6.07) is 10.3. The molecular weight excluding hydrogens is 320 g/mol. The van der Waals surface area contributed by atoms with E-state index in [1.807, 2.05) is 13.0 Å². The SMILES string of the molecule is CCC(=O)Nc1cc(NC(=O)c2ccc(OC)cc2OC)ccc1C. The van der Waals surface area contributed by atoms with Crippen molar-refractivity contribution in [1.82, 2.24) is 0 Å². The quantitative estimate of drug-likeness (QED) is 0.841. The molecule has 2 rings (SSSR count). The zero-order valence-corrected chi connectivity index (χ0v) is 14.8. The van der Waals surface area contributed by atoms with E-state index in [4.69, 9.17) is 9.47 Å². The molecule has 0 heterocycles. The molecule has 6 heteroatoms. The van der Waals surface area contributed by atoms with Gasteiger partial charge < -0.3 is 20.1 Å². The molecule has 2 aromatic rings. The van der Waals surface area contributed by atoms with Crippen molar-refractivity contribution in [2.24, 2.45) is 0 Å². The Balaban J connectivity index is 2.23. The zero-order chi connectivity index (χ0) is 18.4. The van der Waals surface area contributed by atoms with Gasteiger partial charge in [-0.25, -0.2) is 0 Å². The smallest absolute Gasteiger partial charge is 0.259 e. The highest BCUT2D eigenvalue weighted by Crippen LogP contribution is 2.26. The van der Waals surface area contributed by atoms with Gasteiger partial charge in [0.1, 0.15) is 11.5 Å². The van der Waals surface area contributed by atoms with Gasteiger partial charge in [0.05, 0.1) is 19.8 Å². The topological polar surface area (TPSA) is 76.7 Å². The minimum Gasteiger partial charge on any atom is -0.497 e. The van der Waals surface area contributed by atoms with Crippen LogP contribution in [0.3, 0.4) is 0 Å². The van der Waals surface area contributed by atoms with Crippen molar-refractivity contribution in [3.63, 3.8) is 0 Å². The van der Waals surface area contributed by atoms with Crippen LogP contribution in [0.25, 0.3) is 0 Å². The Hall–Kier alpha value is -3.02. The summed E-state index contributed by atoms with van der Waals surface area (Å²) in [5, 5.41) is 5.64. The van der Waals surface area contributed by atoms with Crippen molar-refractivity contribution in [1.29, 1.82) is 0 Å². The Kier molecular flexibility index (Phi) is 6.00. The van der Waals surface area contributed by atoms with Crippen LogP contribution in [-0.2, 0) is 4.79 Å². The molecule has 0 atom stereocenters. The Morgan fingerprint density at radius 1 is 1.00 bits per heavy atom. The highest BCUT2D eigenvalue weighted by atomic mass is 16.5. The van der Waals surface area contributed by atoms with Gasteiger partial charge in [-0.15, -0.1) is 0 Å². The number of amides is 2. The fourth-order valence-electron chi connectivity index (χ4n) is 2.26. The summed E-state index contributed by atoms with van der Waals surface area (Å²) in [6.45, 7) is 3.68. The lowest BCUT2D eigenvalue weighted by molar-refractivity contribution is -0.115. The van der Waals surface area contributed by atoms with Crippen LogP contribution in [0.4, 0.5) is 11.4 Å². The van der Waals surface area contributed by atoms with Gasteiger partial charge in [0.25, 0.3) is 5.91 Å². The molecule has 0 aliphatic rings. The van der Waals surface area contributed by atoms with Crippen molar-refractivity contribution in [2.45, 2.75) is 20.3 Å². The summed E-state index contributed by atoms with van der Waals surface area (Å²) in [7, 11) is 3.04. The highest BCUT2D eigenvalue weighted by molar-refractivity contribution is 6.06. The van der Waals surface area contributed by atoms with E-state index < -0.39 is 0 Å². The zero-order valence-electron chi connectivity index (χ0n) is 14.8. The number of hydrogen-bond acceptors (Lipinski definition) is 4. The third-order valence-electron chi connectivity index (χ3n) is 3.74. The molecular formula is C19H22N2O4. The van der Waals surface area contributed by atoms with Gasteiger partial charge in [0.2, 0.25) is 5.91 Å². The Morgan fingerprint density at radius 2 is 1.76 bits per heavy atom. The van der Waals surface area contributed by atoms with E-state index in [9.17, 15) is 9.59 Å². The molecule has 0 saturated carbocycles. The third-order valence-corrected chi connectivity index (χ3v) is 3.74. The van der Waals surface area contributed by atoms with Crippen molar-refractivity contribution in [2.75, 3.05) is 24.9 Å². The van der Waals surface area contributed by atoms with E-state index in [0.29, 0.717) is 34.9 Å². The number of hydrogen-bond donors (Lipinski definition) is 2. The number of aryl methyl sites for hydroxylation is 1. The van der Waals surface area contributed by atoms with Crippen molar-refractivity contribution in [3.05, 3.63) is 47.5 Å². The molecule has 2 aromatic carbocycles. The van der Waals surface area contributed by atoms with Gasteiger partial charge in [-0.3, -0.25) is 9.59 Å². The molecule has 2 N–H and O–H groups in total. The van der Waals surface area contributed by atoms with E-state index in [1.54, 1.807) is 44.4 Å². The standard InChI is InChI=1S/C19H22N2O4/c1-5-18(22)21-16-10-13(7-6-12(16)2)20-19(23)15-9-8-14(24-3)11-17(15)25-4/h6-11H,5H2,1-4H3,(H,20,23)(H,21,22). The van der Waals surface area contributed by atoms with E-state index in [-0.39, 0.29) is 11.8 Å². The fraction of sp³-hybridized carbons (Fsp3) is 0.263. The van der Waals surface area contributed by atoms with Gasteiger partial charge in [0.15, 0.2) is 0 Å². The lowest BCUT2D eigenvalue weighted by Crippen LogP contribution is -2.14. The molecule has 0 saturated heterocycles.